The van der Waals surface area contributed by atoms with Gasteiger partial charge in [-0.05, 0) is 93.7 Å². The lowest BCUT2D eigenvalue weighted by molar-refractivity contribution is -0.384. The minimum Gasteiger partial charge on any atom is -0.460 e. The van der Waals surface area contributed by atoms with Gasteiger partial charge < -0.3 is 19.5 Å². The molecule has 1 amide bonds. The molecular formula is C27H42N2O11S. The molecule has 13 nitrogen and oxygen atoms in total. The zero-order valence-electron chi connectivity index (χ0n) is 25.1. The van der Waals surface area contributed by atoms with Crippen LogP contribution in [-0.4, -0.2) is 60.8 Å². The van der Waals surface area contributed by atoms with Gasteiger partial charge in [0.1, 0.15) is 22.8 Å². The van der Waals surface area contributed by atoms with Crippen molar-refractivity contribution in [3.05, 3.63) is 34.4 Å². The zero-order valence-corrected chi connectivity index (χ0v) is 26.0. The maximum Gasteiger partial charge on any atom is 0.408 e. The number of carbonyl (C=O) groups is 3. The molecule has 0 saturated carbocycles. The fourth-order valence-corrected chi connectivity index (χ4v) is 4.28. The Bertz CT molecular complexity index is 1180. The van der Waals surface area contributed by atoms with E-state index in [-0.39, 0.29) is 36.5 Å². The van der Waals surface area contributed by atoms with Crippen LogP contribution in [0.15, 0.2) is 29.2 Å². The molecule has 0 saturated heterocycles. The van der Waals surface area contributed by atoms with Crippen LogP contribution in [0.1, 0.15) is 81.6 Å². The first-order valence-corrected chi connectivity index (χ1v) is 14.5. The van der Waals surface area contributed by atoms with Gasteiger partial charge in [-0.3, -0.25) is 19.1 Å². The maximum absolute atomic E-state index is 13.1. The fraction of sp³-hybridized carbons (Fsp3) is 0.667. The highest BCUT2D eigenvalue weighted by Gasteiger charge is 2.35. The van der Waals surface area contributed by atoms with Crippen molar-refractivity contribution in [2.45, 2.75) is 109 Å². The summed E-state index contributed by atoms with van der Waals surface area (Å²) in [7, 11) is -4.23. The second kappa shape index (κ2) is 14.1. The van der Waals surface area contributed by atoms with Crippen LogP contribution in [0, 0.1) is 16.0 Å². The molecule has 0 aromatic heterocycles. The van der Waals surface area contributed by atoms with Gasteiger partial charge in [0.25, 0.3) is 15.8 Å². The van der Waals surface area contributed by atoms with Crippen molar-refractivity contribution < 1.29 is 46.1 Å². The van der Waals surface area contributed by atoms with Crippen molar-refractivity contribution in [3.63, 3.8) is 0 Å². The molecular weight excluding hydrogens is 560 g/mol. The standard InChI is InChI=1S/C27H42N2O11S/c1-25(2,3)38-22(30)18(11-10-16-37-41(35,36)20-14-12-19(13-15-20)29(33)34)17-21(23(31)39-26(4,5)6)28-24(32)40-27(7,8)9/h12-15,18,21H,10-11,16-17H2,1-9H3,(H,28,32)/t18-,21-/m1/s1. The van der Waals surface area contributed by atoms with Gasteiger partial charge >= 0.3 is 18.0 Å². The number of rotatable bonds is 12. The summed E-state index contributed by atoms with van der Waals surface area (Å²) in [4.78, 5) is 48.5. The van der Waals surface area contributed by atoms with E-state index in [0.717, 1.165) is 24.3 Å². The predicted molar refractivity (Wildman–Crippen MR) is 148 cm³/mol. The Hall–Kier alpha value is -3.26. The van der Waals surface area contributed by atoms with Crippen LogP contribution in [0.25, 0.3) is 0 Å². The fourth-order valence-electron chi connectivity index (χ4n) is 3.34. The molecule has 1 rings (SSSR count). The van der Waals surface area contributed by atoms with Crippen molar-refractivity contribution in [1.82, 2.24) is 5.32 Å². The van der Waals surface area contributed by atoms with Crippen LogP contribution in [0.3, 0.4) is 0 Å². The number of alkyl carbamates (subject to hydrolysis) is 1. The first-order chi connectivity index (χ1) is 18.5. The molecule has 2 atom stereocenters. The Balaban J connectivity index is 3.08. The first kappa shape index (κ1) is 35.8. The Labute approximate surface area is 241 Å². The molecule has 0 unspecified atom stereocenters. The number of carbonyl (C=O) groups excluding carboxylic acids is 3. The molecule has 14 heteroatoms. The van der Waals surface area contributed by atoms with E-state index >= 15 is 0 Å². The van der Waals surface area contributed by atoms with Gasteiger partial charge in [0, 0.05) is 12.1 Å². The Morgan fingerprint density at radius 2 is 1.34 bits per heavy atom. The summed E-state index contributed by atoms with van der Waals surface area (Å²) in [5, 5.41) is 13.3. The Kier molecular flexibility index (Phi) is 12.3. The molecule has 232 valence electrons. The van der Waals surface area contributed by atoms with Gasteiger partial charge in [-0.1, -0.05) is 0 Å². The maximum atomic E-state index is 13.1. The average Bonchev–Trinajstić information content (AvgIpc) is 2.76. The van der Waals surface area contributed by atoms with Crippen LogP contribution < -0.4 is 5.32 Å². The minimum atomic E-state index is -4.23. The number of amides is 1. The number of hydrogen-bond acceptors (Lipinski definition) is 11. The van der Waals surface area contributed by atoms with Crippen LogP contribution in [0.4, 0.5) is 10.5 Å². The lowest BCUT2D eigenvalue weighted by atomic mass is 9.94. The molecule has 41 heavy (non-hydrogen) atoms. The third kappa shape index (κ3) is 14.3. The number of hydrogen-bond donors (Lipinski definition) is 1. The zero-order chi connectivity index (χ0) is 31.8. The summed E-state index contributed by atoms with van der Waals surface area (Å²) in [5.74, 6) is -2.39. The first-order valence-electron chi connectivity index (χ1n) is 13.1. The van der Waals surface area contributed by atoms with E-state index in [1.54, 1.807) is 62.3 Å². The molecule has 0 aliphatic rings. The van der Waals surface area contributed by atoms with Gasteiger partial charge in [-0.2, -0.15) is 8.42 Å². The topological polar surface area (TPSA) is 177 Å². The quantitative estimate of drug-likeness (QED) is 0.0878. The molecule has 0 aliphatic heterocycles. The lowest BCUT2D eigenvalue weighted by Crippen LogP contribution is -2.47. The van der Waals surface area contributed by atoms with Crippen molar-refractivity contribution in [2.24, 2.45) is 5.92 Å². The van der Waals surface area contributed by atoms with E-state index < -0.39 is 61.8 Å². The SMILES string of the molecule is CC(C)(C)OC(=O)N[C@H](C[C@@H](CCCOS(=O)(=O)c1ccc([N+](=O)[O-])cc1)C(=O)OC(C)(C)C)C(=O)OC(C)(C)C. The summed E-state index contributed by atoms with van der Waals surface area (Å²) in [6.07, 6.45) is -0.990. The van der Waals surface area contributed by atoms with Gasteiger partial charge in [0.05, 0.1) is 22.3 Å². The lowest BCUT2D eigenvalue weighted by Gasteiger charge is -2.29. The van der Waals surface area contributed by atoms with Gasteiger partial charge in [-0.25, -0.2) is 9.59 Å². The van der Waals surface area contributed by atoms with Crippen molar-refractivity contribution in [2.75, 3.05) is 6.61 Å². The van der Waals surface area contributed by atoms with Gasteiger partial charge in [-0.15, -0.1) is 0 Å². The summed E-state index contributed by atoms with van der Waals surface area (Å²) < 4.78 is 46.3. The van der Waals surface area contributed by atoms with Crippen LogP contribution in [0.2, 0.25) is 0 Å². The highest BCUT2D eigenvalue weighted by atomic mass is 32.2. The number of nitro groups is 1. The van der Waals surface area contributed by atoms with E-state index in [4.69, 9.17) is 18.4 Å². The molecule has 0 aliphatic carbocycles. The smallest absolute Gasteiger partial charge is 0.408 e. The van der Waals surface area contributed by atoms with Gasteiger partial charge in [0.2, 0.25) is 0 Å². The van der Waals surface area contributed by atoms with Crippen molar-refractivity contribution >= 4 is 33.8 Å². The number of non-ortho nitro benzene ring substituents is 1. The second-order valence-electron chi connectivity index (χ2n) is 12.4. The average molecular weight is 603 g/mol. The van der Waals surface area contributed by atoms with Gasteiger partial charge in [0.15, 0.2) is 0 Å². The normalized spacial score (nSPS) is 14.0. The van der Waals surface area contributed by atoms with Crippen LogP contribution in [0.5, 0.6) is 0 Å². The summed E-state index contributed by atoms with van der Waals surface area (Å²) >= 11 is 0. The largest absolute Gasteiger partial charge is 0.460 e. The minimum absolute atomic E-state index is 0.0417. The predicted octanol–water partition coefficient (Wildman–Crippen LogP) is 4.66. The third-order valence-corrected chi connectivity index (χ3v) is 6.24. The van der Waals surface area contributed by atoms with E-state index in [0.29, 0.717) is 0 Å². The molecule has 1 aromatic carbocycles. The Morgan fingerprint density at radius 1 is 0.854 bits per heavy atom. The summed E-state index contributed by atoms with van der Waals surface area (Å²) in [6, 6.07) is 2.94. The molecule has 0 heterocycles. The molecule has 0 spiro atoms. The molecule has 0 bridgehead atoms. The monoisotopic (exact) mass is 602 g/mol. The number of benzene rings is 1. The van der Waals surface area contributed by atoms with Crippen LogP contribution in [-0.2, 0) is 38.1 Å². The number of esters is 2. The highest BCUT2D eigenvalue weighted by Crippen LogP contribution is 2.23. The second-order valence-corrected chi connectivity index (χ2v) is 14.0. The molecule has 0 fully saturated rings. The molecule has 1 N–H and O–H groups in total. The summed E-state index contributed by atoms with van der Waals surface area (Å²) in [5.41, 5.74) is -2.86. The molecule has 0 radical (unpaired) electrons. The number of ether oxygens (including phenoxy) is 3. The van der Waals surface area contributed by atoms with E-state index in [9.17, 15) is 32.9 Å². The van der Waals surface area contributed by atoms with Crippen molar-refractivity contribution in [3.8, 4) is 0 Å². The number of nitrogens with zero attached hydrogens (tertiary/aromatic N) is 1. The Morgan fingerprint density at radius 3 is 1.80 bits per heavy atom. The number of nitro benzene ring substituents is 1. The van der Waals surface area contributed by atoms with Crippen molar-refractivity contribution in [1.29, 1.82) is 0 Å². The number of nitrogens with one attached hydrogen (secondary N) is 1. The third-order valence-electron chi connectivity index (χ3n) is 4.91. The highest BCUT2D eigenvalue weighted by molar-refractivity contribution is 7.86. The van der Waals surface area contributed by atoms with E-state index in [1.165, 1.54) is 0 Å². The molecule has 1 aromatic rings. The van der Waals surface area contributed by atoms with Crippen LogP contribution >= 0.6 is 0 Å². The van der Waals surface area contributed by atoms with E-state index in [2.05, 4.69) is 5.32 Å². The van der Waals surface area contributed by atoms with E-state index in [1.807, 2.05) is 0 Å². The summed E-state index contributed by atoms with van der Waals surface area (Å²) in [6.45, 7) is 14.6.